The number of carbonyl (C=O) groups excluding carboxylic acids is 1. The van der Waals surface area contributed by atoms with Gasteiger partial charge in [0.15, 0.2) is 0 Å². The fraction of sp³-hybridized carbons (Fsp3) is 0.909. The van der Waals surface area contributed by atoms with E-state index in [1.807, 2.05) is 27.7 Å². The minimum Gasteiger partial charge on any atom is -0.352 e. The molecule has 0 bridgehead atoms. The summed E-state index contributed by atoms with van der Waals surface area (Å²) in [5.41, 5.74) is 5.66. The predicted octanol–water partition coefficient (Wildman–Crippen LogP) is 1.66. The zero-order chi connectivity index (χ0) is 11.4. The van der Waals surface area contributed by atoms with Crippen molar-refractivity contribution < 1.29 is 4.79 Å². The van der Waals surface area contributed by atoms with Crippen LogP contribution in [0.2, 0.25) is 0 Å². The highest BCUT2D eigenvalue weighted by Crippen LogP contribution is 2.17. The van der Waals surface area contributed by atoms with E-state index in [0.29, 0.717) is 0 Å². The number of nitrogens with one attached hydrogen (secondary N) is 1. The Balaban J connectivity index is 4.08. The molecule has 0 saturated carbocycles. The summed E-state index contributed by atoms with van der Waals surface area (Å²) in [4.78, 5) is 11.6. The first-order valence-corrected chi connectivity index (χ1v) is 5.35. The molecule has 3 N–H and O–H groups in total. The molecule has 2 atom stereocenters. The molecule has 14 heavy (non-hydrogen) atoms. The van der Waals surface area contributed by atoms with Gasteiger partial charge in [0.1, 0.15) is 0 Å². The van der Waals surface area contributed by atoms with Crippen LogP contribution >= 0.6 is 0 Å². The molecular weight excluding hydrogens is 176 g/mol. The Kier molecular flexibility index (Phi) is 5.13. The minimum atomic E-state index is -0.429. The minimum absolute atomic E-state index is 0.0431. The Morgan fingerprint density at radius 1 is 1.43 bits per heavy atom. The molecule has 0 heterocycles. The molecule has 1 amide bonds. The Bertz CT molecular complexity index is 184. The van der Waals surface area contributed by atoms with Crippen LogP contribution in [0, 0.1) is 5.41 Å². The topological polar surface area (TPSA) is 55.1 Å². The summed E-state index contributed by atoms with van der Waals surface area (Å²) < 4.78 is 0. The molecular formula is C11H24N2O. The number of amides is 1. The first kappa shape index (κ1) is 13.4. The van der Waals surface area contributed by atoms with Crippen molar-refractivity contribution in [3.63, 3.8) is 0 Å². The first-order chi connectivity index (χ1) is 6.29. The molecule has 0 fully saturated rings. The van der Waals surface area contributed by atoms with Crippen LogP contribution in [0.3, 0.4) is 0 Å². The van der Waals surface area contributed by atoms with Crippen molar-refractivity contribution in [3.8, 4) is 0 Å². The summed E-state index contributed by atoms with van der Waals surface area (Å²) in [5, 5.41) is 2.92. The van der Waals surface area contributed by atoms with Crippen LogP contribution in [0.15, 0.2) is 0 Å². The van der Waals surface area contributed by atoms with Gasteiger partial charge in [0, 0.05) is 6.04 Å². The van der Waals surface area contributed by atoms with Crippen molar-refractivity contribution in [1.82, 2.24) is 5.32 Å². The fourth-order valence-electron chi connectivity index (χ4n) is 1.23. The summed E-state index contributed by atoms with van der Waals surface area (Å²) in [6.07, 6.45) is 2.08. The highest BCUT2D eigenvalue weighted by molar-refractivity contribution is 5.82. The number of nitrogens with two attached hydrogens (primary N) is 1. The van der Waals surface area contributed by atoms with Crippen molar-refractivity contribution in [2.24, 2.45) is 11.1 Å². The van der Waals surface area contributed by atoms with Crippen LogP contribution in [0.25, 0.3) is 0 Å². The van der Waals surface area contributed by atoms with Crippen molar-refractivity contribution in [1.29, 1.82) is 0 Å². The van der Waals surface area contributed by atoms with Gasteiger partial charge in [0.25, 0.3) is 0 Å². The fourth-order valence-corrected chi connectivity index (χ4v) is 1.23. The van der Waals surface area contributed by atoms with Crippen LogP contribution in [0.5, 0.6) is 0 Å². The van der Waals surface area contributed by atoms with Crippen molar-refractivity contribution in [2.75, 3.05) is 0 Å². The number of rotatable bonds is 4. The van der Waals surface area contributed by atoms with E-state index in [0.717, 1.165) is 12.8 Å². The van der Waals surface area contributed by atoms with Gasteiger partial charge in [-0.3, -0.25) is 4.79 Å². The van der Waals surface area contributed by atoms with Gasteiger partial charge in [-0.05, 0) is 18.8 Å². The van der Waals surface area contributed by atoms with Crippen molar-refractivity contribution in [3.05, 3.63) is 0 Å². The molecule has 0 aromatic heterocycles. The molecule has 0 radical (unpaired) electrons. The normalized spacial score (nSPS) is 16.1. The summed E-state index contributed by atoms with van der Waals surface area (Å²) in [5.74, 6) is -0.0431. The number of carbonyl (C=O) groups is 1. The molecule has 0 rings (SSSR count). The zero-order valence-electron chi connectivity index (χ0n) is 10.1. The molecule has 0 aliphatic carbocycles. The molecule has 0 aliphatic rings. The Labute approximate surface area is 87.4 Å². The monoisotopic (exact) mass is 200 g/mol. The quantitative estimate of drug-likeness (QED) is 0.725. The maximum absolute atomic E-state index is 11.6. The second-order valence-electron chi connectivity index (χ2n) is 5.04. The average molecular weight is 200 g/mol. The molecule has 0 saturated heterocycles. The lowest BCUT2D eigenvalue weighted by Gasteiger charge is -2.27. The van der Waals surface area contributed by atoms with Crippen LogP contribution in [-0.4, -0.2) is 18.0 Å². The van der Waals surface area contributed by atoms with Gasteiger partial charge in [-0.2, -0.15) is 0 Å². The third-order valence-electron chi connectivity index (χ3n) is 2.33. The van der Waals surface area contributed by atoms with Crippen molar-refractivity contribution in [2.45, 2.75) is 59.5 Å². The molecule has 3 heteroatoms. The number of hydrogen-bond donors (Lipinski definition) is 2. The maximum Gasteiger partial charge on any atom is 0.237 e. The van der Waals surface area contributed by atoms with E-state index < -0.39 is 6.04 Å². The lowest BCUT2D eigenvalue weighted by atomic mass is 9.87. The lowest BCUT2D eigenvalue weighted by Crippen LogP contribution is -2.50. The molecule has 84 valence electrons. The van der Waals surface area contributed by atoms with E-state index in [1.54, 1.807) is 0 Å². The van der Waals surface area contributed by atoms with E-state index in [2.05, 4.69) is 12.2 Å². The van der Waals surface area contributed by atoms with E-state index in [9.17, 15) is 4.79 Å². The van der Waals surface area contributed by atoms with Gasteiger partial charge in [-0.25, -0.2) is 0 Å². The third kappa shape index (κ3) is 4.61. The summed E-state index contributed by atoms with van der Waals surface area (Å²) >= 11 is 0. The molecule has 0 aromatic rings. The Morgan fingerprint density at radius 2 is 1.93 bits per heavy atom. The SMILES string of the molecule is CCCC(C)NC(=O)[C@H](N)C(C)(C)C. The highest BCUT2D eigenvalue weighted by Gasteiger charge is 2.27. The molecule has 3 nitrogen and oxygen atoms in total. The second kappa shape index (κ2) is 5.35. The third-order valence-corrected chi connectivity index (χ3v) is 2.33. The van der Waals surface area contributed by atoms with E-state index in [4.69, 9.17) is 5.73 Å². The van der Waals surface area contributed by atoms with Gasteiger partial charge in [-0.15, -0.1) is 0 Å². The summed E-state index contributed by atoms with van der Waals surface area (Å²) in [6, 6.07) is -0.206. The Morgan fingerprint density at radius 3 is 2.29 bits per heavy atom. The van der Waals surface area contributed by atoms with E-state index in [-0.39, 0.29) is 17.4 Å². The van der Waals surface area contributed by atoms with E-state index >= 15 is 0 Å². The predicted molar refractivity (Wildman–Crippen MR) is 59.9 cm³/mol. The smallest absolute Gasteiger partial charge is 0.237 e. The summed E-state index contributed by atoms with van der Waals surface area (Å²) in [7, 11) is 0. The zero-order valence-corrected chi connectivity index (χ0v) is 10.1. The maximum atomic E-state index is 11.6. The standard InChI is InChI=1S/C11H24N2O/c1-6-7-8(2)13-10(14)9(12)11(3,4)5/h8-9H,6-7,12H2,1-5H3,(H,13,14)/t8?,9-/m0/s1. The highest BCUT2D eigenvalue weighted by atomic mass is 16.2. The van der Waals surface area contributed by atoms with E-state index in [1.165, 1.54) is 0 Å². The molecule has 1 unspecified atom stereocenters. The van der Waals surface area contributed by atoms with Crippen LogP contribution in [0.4, 0.5) is 0 Å². The second-order valence-corrected chi connectivity index (χ2v) is 5.04. The largest absolute Gasteiger partial charge is 0.352 e. The van der Waals surface area contributed by atoms with Crippen LogP contribution in [-0.2, 0) is 4.79 Å². The number of hydrogen-bond acceptors (Lipinski definition) is 2. The van der Waals surface area contributed by atoms with Gasteiger partial charge >= 0.3 is 0 Å². The van der Waals surface area contributed by atoms with Gasteiger partial charge in [0.2, 0.25) is 5.91 Å². The lowest BCUT2D eigenvalue weighted by molar-refractivity contribution is -0.125. The Hall–Kier alpha value is -0.570. The average Bonchev–Trinajstić information content (AvgIpc) is 2.01. The molecule has 0 aromatic carbocycles. The van der Waals surface area contributed by atoms with Crippen LogP contribution in [0.1, 0.15) is 47.5 Å². The molecule has 0 spiro atoms. The van der Waals surface area contributed by atoms with Gasteiger partial charge in [-0.1, -0.05) is 34.1 Å². The first-order valence-electron chi connectivity index (χ1n) is 5.35. The van der Waals surface area contributed by atoms with Crippen molar-refractivity contribution >= 4 is 5.91 Å². The van der Waals surface area contributed by atoms with Gasteiger partial charge < -0.3 is 11.1 Å². The van der Waals surface area contributed by atoms with Gasteiger partial charge in [0.05, 0.1) is 6.04 Å². The summed E-state index contributed by atoms with van der Waals surface area (Å²) in [6.45, 7) is 10.0. The molecule has 0 aliphatic heterocycles. The van der Waals surface area contributed by atoms with Crippen LogP contribution < -0.4 is 11.1 Å².